The Morgan fingerprint density at radius 3 is 2.38 bits per heavy atom. The number of Topliss-reactive ketones (excluding diaryl/α,β-unsaturated/α-hetero) is 1. The van der Waals surface area contributed by atoms with Crippen molar-refractivity contribution in [1.29, 1.82) is 0 Å². The predicted molar refractivity (Wildman–Crippen MR) is 155 cm³/mol. The maximum absolute atomic E-state index is 14.2. The van der Waals surface area contributed by atoms with Gasteiger partial charge in [0.1, 0.15) is 11.7 Å². The number of ether oxygens (including phenoxy) is 4. The van der Waals surface area contributed by atoms with Crippen LogP contribution >= 0.6 is 0 Å². The Kier molecular flexibility index (Phi) is 9.00. The Bertz CT molecular complexity index is 1070. The number of hydrogen-bond acceptors (Lipinski definition) is 10. The van der Waals surface area contributed by atoms with Crippen molar-refractivity contribution in [2.24, 2.45) is 16.7 Å². The highest BCUT2D eigenvalue weighted by Crippen LogP contribution is 2.67. The van der Waals surface area contributed by atoms with Crippen LogP contribution in [0.25, 0.3) is 0 Å². The molecule has 0 spiro atoms. The molecule has 4 rings (SSSR count). The molecular weight excluding hydrogens is 542 g/mol. The van der Waals surface area contributed by atoms with E-state index >= 15 is 0 Å². The molecule has 0 bridgehead atoms. The first-order valence-corrected chi connectivity index (χ1v) is 15.5. The second-order valence-electron chi connectivity index (χ2n) is 14.2. The summed E-state index contributed by atoms with van der Waals surface area (Å²) in [6, 6.07) is -0.0637. The van der Waals surface area contributed by atoms with E-state index in [0.29, 0.717) is 12.8 Å². The van der Waals surface area contributed by atoms with E-state index in [4.69, 9.17) is 18.9 Å². The molecular formula is C32H51NO9. The molecule has 9 atom stereocenters. The molecule has 2 heterocycles. The molecule has 0 amide bonds. The molecule has 10 heteroatoms. The third kappa shape index (κ3) is 5.10. The van der Waals surface area contributed by atoms with Crippen LogP contribution in [-0.2, 0) is 28.5 Å². The summed E-state index contributed by atoms with van der Waals surface area (Å²) >= 11 is 0. The highest BCUT2D eigenvalue weighted by molar-refractivity contribution is 5.92. The number of esters is 1. The molecule has 4 aliphatic rings. The van der Waals surface area contributed by atoms with E-state index in [2.05, 4.69) is 11.5 Å². The van der Waals surface area contributed by atoms with Crippen LogP contribution in [-0.4, -0.2) is 93.9 Å². The molecule has 0 aromatic carbocycles. The summed E-state index contributed by atoms with van der Waals surface area (Å²) in [4.78, 5) is 43.1. The van der Waals surface area contributed by atoms with Crippen molar-refractivity contribution in [3.63, 3.8) is 0 Å². The minimum absolute atomic E-state index is 0.0276. The van der Waals surface area contributed by atoms with Crippen LogP contribution in [0.5, 0.6) is 0 Å². The third-order valence-corrected chi connectivity index (χ3v) is 10.9. The van der Waals surface area contributed by atoms with E-state index < -0.39 is 69.8 Å². The van der Waals surface area contributed by atoms with Crippen LogP contribution in [0, 0.1) is 16.7 Å². The SMILES string of the molecule is C=C[C@@]1(C)CC(=O)[C@]2(O)[C@@]3(C)[C@@H](O)CCC(C)(C)[C@@H]3[C@H](OC(=O)CC(C)N3CCCCC3)[C@H](OC(=O)OCC)[C@@]2(C)O1. The highest BCUT2D eigenvalue weighted by atomic mass is 16.7. The number of nitrogens with zero attached hydrogens (tertiary/aromatic N) is 1. The zero-order valence-electron chi connectivity index (χ0n) is 26.4. The number of carbonyl (C=O) groups excluding carboxylic acids is 3. The number of piperidine rings is 1. The fraction of sp³-hybridized carbons (Fsp3) is 0.844. The number of fused-ring (bicyclic) bond motifs is 3. The van der Waals surface area contributed by atoms with Crippen LogP contribution in [0.2, 0.25) is 0 Å². The smallest absolute Gasteiger partial charge is 0.458 e. The van der Waals surface area contributed by atoms with Crippen molar-refractivity contribution in [2.75, 3.05) is 19.7 Å². The van der Waals surface area contributed by atoms with E-state index in [1.807, 2.05) is 20.8 Å². The normalized spacial score (nSPS) is 42.5. The third-order valence-electron chi connectivity index (χ3n) is 10.9. The monoisotopic (exact) mass is 593 g/mol. The van der Waals surface area contributed by atoms with Crippen molar-refractivity contribution in [1.82, 2.24) is 4.90 Å². The Morgan fingerprint density at radius 1 is 1.14 bits per heavy atom. The second kappa shape index (κ2) is 11.5. The molecule has 238 valence electrons. The number of ketones is 1. The van der Waals surface area contributed by atoms with Crippen molar-refractivity contribution < 1.29 is 43.5 Å². The van der Waals surface area contributed by atoms with Gasteiger partial charge in [-0.2, -0.15) is 0 Å². The lowest BCUT2D eigenvalue weighted by atomic mass is 9.39. The first-order chi connectivity index (χ1) is 19.5. The van der Waals surface area contributed by atoms with Gasteiger partial charge in [-0.1, -0.05) is 33.3 Å². The molecule has 2 saturated carbocycles. The first kappa shape index (κ1) is 32.9. The minimum Gasteiger partial charge on any atom is -0.458 e. The summed E-state index contributed by atoms with van der Waals surface area (Å²) in [6.45, 7) is 18.1. The van der Waals surface area contributed by atoms with Gasteiger partial charge >= 0.3 is 12.1 Å². The van der Waals surface area contributed by atoms with Crippen LogP contribution in [0.1, 0.15) is 93.4 Å². The molecule has 10 nitrogen and oxygen atoms in total. The summed E-state index contributed by atoms with van der Waals surface area (Å²) < 4.78 is 23.9. The average molecular weight is 594 g/mol. The van der Waals surface area contributed by atoms with Gasteiger partial charge in [-0.25, -0.2) is 4.79 Å². The van der Waals surface area contributed by atoms with Gasteiger partial charge in [-0.3, -0.25) is 9.59 Å². The molecule has 0 aromatic heterocycles. The van der Waals surface area contributed by atoms with Gasteiger partial charge in [0.2, 0.25) is 0 Å². The van der Waals surface area contributed by atoms with Crippen LogP contribution in [0.4, 0.5) is 4.79 Å². The Balaban J connectivity index is 1.85. The van der Waals surface area contributed by atoms with Gasteiger partial charge in [0.25, 0.3) is 0 Å². The summed E-state index contributed by atoms with van der Waals surface area (Å²) in [6.07, 6.45) is 0.831. The second-order valence-corrected chi connectivity index (χ2v) is 14.2. The number of aliphatic hydroxyl groups is 2. The average Bonchev–Trinajstić information content (AvgIpc) is 2.92. The van der Waals surface area contributed by atoms with Gasteiger partial charge in [-0.15, -0.1) is 6.58 Å². The maximum atomic E-state index is 14.2. The zero-order chi connectivity index (χ0) is 31.3. The molecule has 1 unspecified atom stereocenters. The van der Waals surface area contributed by atoms with Gasteiger partial charge in [0.15, 0.2) is 17.5 Å². The molecule has 2 saturated heterocycles. The summed E-state index contributed by atoms with van der Waals surface area (Å²) in [5, 5.41) is 24.4. The standard InChI is InChI=1S/C32H51NO9/c1-9-29(6)19-22(35)32(38)30(7)21(34)14-15-28(4,5)25(30)24(26(31(32,8)42-29)41-27(37)39-10-2)40-23(36)18-20(3)33-16-12-11-13-17-33/h9,20-21,24-26,34,38H,1,10-19H2,2-8H3/t20?,21-,24-,25-,26-,29-,30-,31+,32-/m0/s1. The predicted octanol–water partition coefficient (Wildman–Crippen LogP) is 3.95. The lowest BCUT2D eigenvalue weighted by Crippen LogP contribution is -2.87. The number of aliphatic hydroxyl groups excluding tert-OH is 1. The van der Waals surface area contributed by atoms with Crippen molar-refractivity contribution >= 4 is 17.9 Å². The van der Waals surface area contributed by atoms with Crippen molar-refractivity contribution in [3.05, 3.63) is 12.7 Å². The topological polar surface area (TPSA) is 132 Å². The van der Waals surface area contributed by atoms with Crippen LogP contribution < -0.4 is 0 Å². The van der Waals surface area contributed by atoms with Gasteiger partial charge in [-0.05, 0) is 71.9 Å². The molecule has 42 heavy (non-hydrogen) atoms. The molecule has 4 fully saturated rings. The molecule has 2 N–H and O–H groups in total. The fourth-order valence-electron chi connectivity index (χ4n) is 8.75. The molecule has 0 radical (unpaired) electrons. The number of rotatable bonds is 7. The van der Waals surface area contributed by atoms with Crippen LogP contribution in [0.3, 0.4) is 0 Å². The summed E-state index contributed by atoms with van der Waals surface area (Å²) in [5.41, 5.74) is -7.60. The largest absolute Gasteiger partial charge is 0.508 e. The quantitative estimate of drug-likeness (QED) is 0.330. The summed E-state index contributed by atoms with van der Waals surface area (Å²) in [5.74, 6) is -1.82. The van der Waals surface area contributed by atoms with Crippen molar-refractivity contribution in [2.45, 2.75) is 135 Å². The Labute approximate surface area is 250 Å². The van der Waals surface area contributed by atoms with Gasteiger partial charge < -0.3 is 34.1 Å². The molecule has 2 aliphatic heterocycles. The summed E-state index contributed by atoms with van der Waals surface area (Å²) in [7, 11) is 0. The maximum Gasteiger partial charge on any atom is 0.508 e. The zero-order valence-corrected chi connectivity index (χ0v) is 26.4. The minimum atomic E-state index is -2.30. The Hall–Kier alpha value is -2.01. The van der Waals surface area contributed by atoms with E-state index in [-0.39, 0.29) is 25.5 Å². The number of hydrogen-bond donors (Lipinski definition) is 2. The van der Waals surface area contributed by atoms with E-state index in [1.165, 1.54) is 19.4 Å². The lowest BCUT2D eigenvalue weighted by Gasteiger charge is -2.71. The first-order valence-electron chi connectivity index (χ1n) is 15.5. The highest BCUT2D eigenvalue weighted by Gasteiger charge is 2.82. The molecule has 0 aromatic rings. The fourth-order valence-corrected chi connectivity index (χ4v) is 8.75. The number of carbonyl (C=O) groups is 3. The van der Waals surface area contributed by atoms with Gasteiger partial charge in [0, 0.05) is 23.8 Å². The van der Waals surface area contributed by atoms with Crippen molar-refractivity contribution in [3.8, 4) is 0 Å². The molecule has 2 aliphatic carbocycles. The van der Waals surface area contributed by atoms with Gasteiger partial charge in [0.05, 0.1) is 24.7 Å². The number of likely N-dealkylation sites (tertiary alicyclic amines) is 1. The van der Waals surface area contributed by atoms with E-state index in [1.54, 1.807) is 20.8 Å². The van der Waals surface area contributed by atoms with Crippen LogP contribution in [0.15, 0.2) is 12.7 Å². The van der Waals surface area contributed by atoms with E-state index in [9.17, 15) is 24.6 Å². The lowest BCUT2D eigenvalue weighted by molar-refractivity contribution is -0.370. The van der Waals surface area contributed by atoms with E-state index in [0.717, 1.165) is 25.9 Å². The Morgan fingerprint density at radius 2 is 1.79 bits per heavy atom.